The fourth-order valence-electron chi connectivity index (χ4n) is 6.27. The molecule has 6 nitrogen and oxygen atoms in total. The van der Waals surface area contributed by atoms with Gasteiger partial charge in [0, 0.05) is 22.1 Å². The normalized spacial score (nSPS) is 23.6. The SMILES string of the molecule is CC(C)(C)c1nnc2ccc3nc(-c4ccc([C@]5(N)C[C@@](O)(C6CC6)C5)cc4)c(-c4ccccc4)cc3n12. The second-order valence-electron chi connectivity index (χ2n) is 12.4. The Bertz CT molecular complexity index is 1670. The van der Waals surface area contributed by atoms with Crippen LogP contribution in [0.5, 0.6) is 0 Å². The third kappa shape index (κ3) is 3.66. The van der Waals surface area contributed by atoms with Crippen LogP contribution in [0, 0.1) is 5.92 Å². The summed E-state index contributed by atoms with van der Waals surface area (Å²) in [6.07, 6.45) is 3.53. The minimum absolute atomic E-state index is 0.166. The van der Waals surface area contributed by atoms with Gasteiger partial charge in [-0.25, -0.2) is 4.98 Å². The van der Waals surface area contributed by atoms with Gasteiger partial charge in [-0.3, -0.25) is 4.40 Å². The van der Waals surface area contributed by atoms with Crippen LogP contribution >= 0.6 is 0 Å². The van der Waals surface area contributed by atoms with E-state index in [0.717, 1.165) is 63.3 Å². The van der Waals surface area contributed by atoms with Crippen molar-refractivity contribution >= 4 is 16.7 Å². The van der Waals surface area contributed by atoms with Gasteiger partial charge in [0.1, 0.15) is 5.82 Å². The number of nitrogens with two attached hydrogens (primary N) is 1. The van der Waals surface area contributed by atoms with Crippen LogP contribution in [0.4, 0.5) is 0 Å². The molecule has 0 unspecified atom stereocenters. The van der Waals surface area contributed by atoms with E-state index in [2.05, 4.69) is 90.0 Å². The van der Waals surface area contributed by atoms with Crippen molar-refractivity contribution < 1.29 is 5.11 Å². The fraction of sp³-hybridized carbons (Fsp3) is 0.344. The standard InChI is InChI=1S/C32H33N5O/c1-30(2,3)29-36-35-27-16-15-25-26(37(27)29)17-24(20-7-5-4-6-8-20)28(34-25)21-9-11-22(12-10-21)31(33)18-32(38,19-31)23-13-14-23/h4-12,15-17,23,38H,13-14,18-19,33H2,1-3H3/t31-,32-. The molecule has 0 spiro atoms. The molecule has 6 heteroatoms. The molecule has 7 rings (SSSR count). The van der Waals surface area contributed by atoms with Gasteiger partial charge in [0.05, 0.1) is 22.3 Å². The minimum Gasteiger partial charge on any atom is -0.389 e. The summed E-state index contributed by atoms with van der Waals surface area (Å²) in [5.41, 5.74) is 13.5. The van der Waals surface area contributed by atoms with E-state index < -0.39 is 11.1 Å². The Morgan fingerprint density at radius 3 is 2.26 bits per heavy atom. The molecule has 0 bridgehead atoms. The maximum atomic E-state index is 10.9. The van der Waals surface area contributed by atoms with Gasteiger partial charge in [0.25, 0.3) is 0 Å². The summed E-state index contributed by atoms with van der Waals surface area (Å²) in [4.78, 5) is 5.21. The maximum absolute atomic E-state index is 10.9. The lowest BCUT2D eigenvalue weighted by atomic mass is 9.60. The van der Waals surface area contributed by atoms with E-state index in [1.54, 1.807) is 0 Å². The van der Waals surface area contributed by atoms with Gasteiger partial charge in [-0.15, -0.1) is 10.2 Å². The van der Waals surface area contributed by atoms with Crippen molar-refractivity contribution in [1.82, 2.24) is 19.6 Å². The van der Waals surface area contributed by atoms with Gasteiger partial charge < -0.3 is 10.8 Å². The highest BCUT2D eigenvalue weighted by Crippen LogP contribution is 2.57. The molecule has 3 heterocycles. The molecule has 0 aliphatic heterocycles. The number of fused-ring (bicyclic) bond motifs is 3. The Hall–Kier alpha value is -3.61. The van der Waals surface area contributed by atoms with Gasteiger partial charge in [-0.1, -0.05) is 75.4 Å². The molecule has 192 valence electrons. The molecule has 3 aromatic heterocycles. The van der Waals surface area contributed by atoms with Crippen molar-refractivity contribution in [2.75, 3.05) is 0 Å². The fourth-order valence-corrected chi connectivity index (χ4v) is 6.27. The van der Waals surface area contributed by atoms with Crippen LogP contribution in [-0.2, 0) is 11.0 Å². The molecule has 2 aromatic carbocycles. The van der Waals surface area contributed by atoms with Crippen molar-refractivity contribution in [2.45, 2.75) is 63.0 Å². The Balaban J connectivity index is 1.36. The van der Waals surface area contributed by atoms with E-state index in [-0.39, 0.29) is 5.41 Å². The molecule has 0 amide bonds. The Morgan fingerprint density at radius 1 is 0.895 bits per heavy atom. The number of nitrogens with zero attached hydrogens (tertiary/aromatic N) is 4. The Labute approximate surface area is 222 Å². The number of rotatable bonds is 4. The van der Waals surface area contributed by atoms with Crippen LogP contribution in [0.3, 0.4) is 0 Å². The third-order valence-corrected chi connectivity index (χ3v) is 8.42. The summed E-state index contributed by atoms with van der Waals surface area (Å²) >= 11 is 0. The summed E-state index contributed by atoms with van der Waals surface area (Å²) in [6, 6.07) is 25.1. The first-order chi connectivity index (χ1) is 18.1. The third-order valence-electron chi connectivity index (χ3n) is 8.42. The number of hydrogen-bond donors (Lipinski definition) is 2. The smallest absolute Gasteiger partial charge is 0.161 e. The molecule has 38 heavy (non-hydrogen) atoms. The largest absolute Gasteiger partial charge is 0.389 e. The first-order valence-electron chi connectivity index (χ1n) is 13.5. The van der Waals surface area contributed by atoms with Gasteiger partial charge in [0.2, 0.25) is 0 Å². The maximum Gasteiger partial charge on any atom is 0.161 e. The molecule has 2 aliphatic carbocycles. The number of hydrogen-bond acceptors (Lipinski definition) is 5. The van der Waals surface area contributed by atoms with Crippen LogP contribution in [0.25, 0.3) is 39.1 Å². The van der Waals surface area contributed by atoms with E-state index in [1.807, 2.05) is 18.2 Å². The van der Waals surface area contributed by atoms with Crippen LogP contribution < -0.4 is 5.73 Å². The van der Waals surface area contributed by atoms with Gasteiger partial charge in [-0.05, 0) is 60.9 Å². The van der Waals surface area contributed by atoms with Crippen molar-refractivity contribution in [3.63, 3.8) is 0 Å². The molecule has 3 N–H and O–H groups in total. The molecule has 0 saturated heterocycles. The lowest BCUT2D eigenvalue weighted by Gasteiger charge is -2.52. The van der Waals surface area contributed by atoms with Gasteiger partial charge in [-0.2, -0.15) is 0 Å². The molecule has 5 aromatic rings. The Kier molecular flexibility index (Phi) is 4.92. The summed E-state index contributed by atoms with van der Waals surface area (Å²) in [5, 5.41) is 19.8. The van der Waals surface area contributed by atoms with E-state index in [1.165, 1.54) is 0 Å². The van der Waals surface area contributed by atoms with Crippen LogP contribution in [0.15, 0.2) is 72.8 Å². The molecular weight excluding hydrogens is 470 g/mol. The van der Waals surface area contributed by atoms with Gasteiger partial charge in [0.15, 0.2) is 5.65 Å². The van der Waals surface area contributed by atoms with Gasteiger partial charge >= 0.3 is 0 Å². The second kappa shape index (κ2) is 7.95. The summed E-state index contributed by atoms with van der Waals surface area (Å²) in [5.74, 6) is 1.35. The summed E-state index contributed by atoms with van der Waals surface area (Å²) in [7, 11) is 0. The molecule has 0 atom stereocenters. The lowest BCUT2D eigenvalue weighted by Crippen LogP contribution is -2.60. The topological polar surface area (TPSA) is 89.3 Å². The number of aliphatic hydroxyl groups is 1. The van der Waals surface area contributed by atoms with Crippen molar-refractivity contribution in [1.29, 1.82) is 0 Å². The zero-order valence-electron chi connectivity index (χ0n) is 22.1. The summed E-state index contributed by atoms with van der Waals surface area (Å²) in [6.45, 7) is 6.46. The highest BCUT2D eigenvalue weighted by atomic mass is 16.3. The monoisotopic (exact) mass is 503 g/mol. The van der Waals surface area contributed by atoms with Crippen molar-refractivity contribution in [2.24, 2.45) is 11.7 Å². The number of aromatic nitrogens is 4. The highest BCUT2D eigenvalue weighted by Gasteiger charge is 2.58. The minimum atomic E-state index is -0.576. The van der Waals surface area contributed by atoms with Crippen molar-refractivity contribution in [3.05, 3.63) is 84.2 Å². The number of benzene rings is 2. The zero-order chi connectivity index (χ0) is 26.3. The predicted octanol–water partition coefficient (Wildman–Crippen LogP) is 6.00. The van der Waals surface area contributed by atoms with Crippen LogP contribution in [-0.4, -0.2) is 30.3 Å². The average molecular weight is 504 g/mol. The molecule has 2 fully saturated rings. The lowest BCUT2D eigenvalue weighted by molar-refractivity contribution is -0.106. The van der Waals surface area contributed by atoms with E-state index in [4.69, 9.17) is 10.7 Å². The Morgan fingerprint density at radius 2 is 1.61 bits per heavy atom. The van der Waals surface area contributed by atoms with Crippen LogP contribution in [0.1, 0.15) is 57.8 Å². The zero-order valence-corrected chi connectivity index (χ0v) is 22.1. The molecular formula is C32H33N5O. The summed E-state index contributed by atoms with van der Waals surface area (Å²) < 4.78 is 2.14. The molecule has 2 aliphatic rings. The predicted molar refractivity (Wildman–Crippen MR) is 151 cm³/mol. The average Bonchev–Trinajstić information content (AvgIpc) is 3.65. The van der Waals surface area contributed by atoms with E-state index in [9.17, 15) is 5.11 Å². The molecule has 0 radical (unpaired) electrons. The first-order valence-corrected chi connectivity index (χ1v) is 13.5. The second-order valence-corrected chi connectivity index (χ2v) is 12.4. The number of pyridine rings is 2. The first kappa shape index (κ1) is 23.5. The highest BCUT2D eigenvalue weighted by molar-refractivity contribution is 5.91. The van der Waals surface area contributed by atoms with Crippen LogP contribution in [0.2, 0.25) is 0 Å². The van der Waals surface area contributed by atoms with E-state index in [0.29, 0.717) is 18.8 Å². The van der Waals surface area contributed by atoms with E-state index >= 15 is 0 Å². The molecule has 2 saturated carbocycles. The van der Waals surface area contributed by atoms with Crippen molar-refractivity contribution in [3.8, 4) is 22.4 Å². The quantitative estimate of drug-likeness (QED) is 0.314.